The smallest absolute Gasteiger partial charge is 0.378 e. The zero-order chi connectivity index (χ0) is 12.4. The fourth-order valence-electron chi connectivity index (χ4n) is 1.95. The van der Waals surface area contributed by atoms with E-state index in [1.165, 1.54) is 0 Å². The molecule has 2 atom stereocenters. The highest BCUT2D eigenvalue weighted by molar-refractivity contribution is 5.84. The first-order chi connectivity index (χ1) is 8.11. The molecule has 2 rings (SSSR count). The summed E-state index contributed by atoms with van der Waals surface area (Å²) < 4.78 is 12.2. The number of esters is 1. The van der Waals surface area contributed by atoms with Crippen LogP contribution in [0.15, 0.2) is 0 Å². The molecule has 0 radical (unpaired) electrons. The average molecular weight is 239 g/mol. The Morgan fingerprint density at radius 1 is 1.59 bits per heavy atom. The predicted octanol–water partition coefficient (Wildman–Crippen LogP) is 1.23. The van der Waals surface area contributed by atoms with Crippen molar-refractivity contribution in [3.05, 3.63) is 11.6 Å². The molecule has 6 heteroatoms. The number of hydrogen-bond donors (Lipinski definition) is 0. The minimum atomic E-state index is -0.486. The quantitative estimate of drug-likeness (QED) is 0.742. The van der Waals surface area contributed by atoms with Crippen molar-refractivity contribution in [1.82, 2.24) is 14.8 Å². The van der Waals surface area contributed by atoms with Gasteiger partial charge in [0.15, 0.2) is 5.82 Å². The normalized spacial score (nSPS) is 23.9. The summed E-state index contributed by atoms with van der Waals surface area (Å²) in [4.78, 5) is 15.7. The van der Waals surface area contributed by atoms with Gasteiger partial charge in [-0.25, -0.2) is 14.5 Å². The van der Waals surface area contributed by atoms with Crippen molar-refractivity contribution in [3.63, 3.8) is 0 Å². The first-order valence-corrected chi connectivity index (χ1v) is 5.85. The first-order valence-electron chi connectivity index (χ1n) is 5.85. The molecule has 0 aliphatic carbocycles. The summed E-state index contributed by atoms with van der Waals surface area (Å²) in [6.07, 6.45) is 2.09. The van der Waals surface area contributed by atoms with Crippen LogP contribution in [0.2, 0.25) is 0 Å². The van der Waals surface area contributed by atoms with Gasteiger partial charge in [0.05, 0.1) is 12.7 Å². The highest BCUT2D eigenvalue weighted by Gasteiger charge is 2.28. The Kier molecular flexibility index (Phi) is 3.42. The molecule has 1 aromatic heterocycles. The summed E-state index contributed by atoms with van der Waals surface area (Å²) in [7, 11) is 1.76. The van der Waals surface area contributed by atoms with Crippen molar-refractivity contribution in [2.45, 2.75) is 38.9 Å². The molecule has 0 bridgehead atoms. The van der Waals surface area contributed by atoms with E-state index in [0.717, 1.165) is 12.8 Å². The molecule has 0 amide bonds. The van der Waals surface area contributed by atoms with E-state index >= 15 is 0 Å². The number of ether oxygens (including phenoxy) is 2. The Labute approximate surface area is 99.9 Å². The van der Waals surface area contributed by atoms with Gasteiger partial charge in [-0.05, 0) is 26.7 Å². The molecule has 0 spiro atoms. The van der Waals surface area contributed by atoms with Crippen LogP contribution in [0.5, 0.6) is 0 Å². The maximum absolute atomic E-state index is 11.5. The van der Waals surface area contributed by atoms with E-state index in [-0.39, 0.29) is 18.0 Å². The molecule has 1 saturated heterocycles. The van der Waals surface area contributed by atoms with Crippen molar-refractivity contribution < 1.29 is 14.3 Å². The molecule has 2 unspecified atom stereocenters. The monoisotopic (exact) mass is 239 g/mol. The summed E-state index contributed by atoms with van der Waals surface area (Å²) in [5, 5.41) is 4.05. The van der Waals surface area contributed by atoms with Crippen LogP contribution in [0.3, 0.4) is 0 Å². The third-order valence-electron chi connectivity index (χ3n) is 2.77. The lowest BCUT2D eigenvalue weighted by atomic mass is 10.2. The second-order valence-corrected chi connectivity index (χ2v) is 4.15. The number of carbonyl (C=O) groups is 1. The number of aromatic nitrogens is 3. The molecule has 2 heterocycles. The van der Waals surface area contributed by atoms with Crippen molar-refractivity contribution in [2.24, 2.45) is 7.05 Å². The van der Waals surface area contributed by atoms with E-state index in [9.17, 15) is 4.79 Å². The number of carbonyl (C=O) groups excluding carboxylic acids is 1. The minimum Gasteiger partial charge on any atom is -0.460 e. The third kappa shape index (κ3) is 2.46. The Hall–Kier alpha value is -1.43. The van der Waals surface area contributed by atoms with E-state index < -0.39 is 5.97 Å². The van der Waals surface area contributed by atoms with Gasteiger partial charge in [0, 0.05) is 7.05 Å². The molecule has 6 nitrogen and oxygen atoms in total. The van der Waals surface area contributed by atoms with Crippen LogP contribution in [0.4, 0.5) is 0 Å². The lowest BCUT2D eigenvalue weighted by molar-refractivity contribution is 0.0478. The van der Waals surface area contributed by atoms with E-state index in [1.807, 2.05) is 6.92 Å². The van der Waals surface area contributed by atoms with Crippen LogP contribution >= 0.6 is 0 Å². The largest absolute Gasteiger partial charge is 0.460 e. The molecule has 0 N–H and O–H groups in total. The highest BCUT2D eigenvalue weighted by Crippen LogP contribution is 2.31. The van der Waals surface area contributed by atoms with Crippen molar-refractivity contribution in [3.8, 4) is 0 Å². The number of aryl methyl sites for hydroxylation is 1. The van der Waals surface area contributed by atoms with E-state index in [4.69, 9.17) is 9.47 Å². The molecule has 1 aliphatic rings. The minimum absolute atomic E-state index is 0.0642. The van der Waals surface area contributed by atoms with Gasteiger partial charge in [-0.3, -0.25) is 0 Å². The molecule has 17 heavy (non-hydrogen) atoms. The second-order valence-electron chi connectivity index (χ2n) is 4.15. The number of hydrogen-bond acceptors (Lipinski definition) is 5. The first kappa shape index (κ1) is 12.0. The lowest BCUT2D eigenvalue weighted by Crippen LogP contribution is -2.07. The highest BCUT2D eigenvalue weighted by atomic mass is 16.5. The molecule has 1 fully saturated rings. The SMILES string of the molecule is CCOC(=O)c1nc(C2CCC(C)O2)n(C)n1. The Morgan fingerprint density at radius 3 is 2.94 bits per heavy atom. The van der Waals surface area contributed by atoms with Gasteiger partial charge in [0.2, 0.25) is 0 Å². The van der Waals surface area contributed by atoms with Crippen LogP contribution in [-0.2, 0) is 16.5 Å². The predicted molar refractivity (Wildman–Crippen MR) is 59.5 cm³/mol. The molecular formula is C11H17N3O3. The van der Waals surface area contributed by atoms with E-state index in [2.05, 4.69) is 10.1 Å². The topological polar surface area (TPSA) is 66.2 Å². The fraction of sp³-hybridized carbons (Fsp3) is 0.727. The molecule has 0 saturated carbocycles. The van der Waals surface area contributed by atoms with Crippen molar-refractivity contribution in [2.75, 3.05) is 6.61 Å². The summed E-state index contributed by atoms with van der Waals surface area (Å²) in [5.41, 5.74) is 0. The fourth-order valence-corrected chi connectivity index (χ4v) is 1.95. The molecular weight excluding hydrogens is 222 g/mol. The van der Waals surface area contributed by atoms with Gasteiger partial charge >= 0.3 is 5.97 Å². The second kappa shape index (κ2) is 4.83. The Morgan fingerprint density at radius 2 is 2.35 bits per heavy atom. The summed E-state index contributed by atoms with van der Waals surface area (Å²) in [5.74, 6) is 0.310. The van der Waals surface area contributed by atoms with Crippen LogP contribution in [0, 0.1) is 0 Å². The number of nitrogens with zero attached hydrogens (tertiary/aromatic N) is 3. The molecule has 94 valence electrons. The number of rotatable bonds is 3. The van der Waals surface area contributed by atoms with Crippen LogP contribution in [0.25, 0.3) is 0 Å². The third-order valence-corrected chi connectivity index (χ3v) is 2.77. The Balaban J connectivity index is 2.16. The Bertz CT molecular complexity index is 416. The van der Waals surface area contributed by atoms with Gasteiger partial charge in [-0.15, -0.1) is 5.10 Å². The van der Waals surface area contributed by atoms with E-state index in [0.29, 0.717) is 12.4 Å². The zero-order valence-corrected chi connectivity index (χ0v) is 10.3. The van der Waals surface area contributed by atoms with E-state index in [1.54, 1.807) is 18.7 Å². The maximum atomic E-state index is 11.5. The van der Waals surface area contributed by atoms with Gasteiger partial charge < -0.3 is 9.47 Å². The summed E-state index contributed by atoms with van der Waals surface area (Å²) in [6, 6.07) is 0. The maximum Gasteiger partial charge on any atom is 0.378 e. The standard InChI is InChI=1S/C11H17N3O3/c1-4-16-11(15)9-12-10(14(3)13-9)8-6-5-7(2)17-8/h7-8H,4-6H2,1-3H3. The molecule has 1 aromatic rings. The van der Waals surface area contributed by atoms with Crippen LogP contribution in [0.1, 0.15) is 49.2 Å². The van der Waals surface area contributed by atoms with Gasteiger partial charge in [-0.2, -0.15) is 0 Å². The average Bonchev–Trinajstić information content (AvgIpc) is 2.85. The summed E-state index contributed by atoms with van der Waals surface area (Å²) in [6.45, 7) is 4.11. The van der Waals surface area contributed by atoms with Gasteiger partial charge in [0.25, 0.3) is 5.82 Å². The van der Waals surface area contributed by atoms with Crippen molar-refractivity contribution >= 4 is 5.97 Å². The lowest BCUT2D eigenvalue weighted by Gasteiger charge is -2.08. The van der Waals surface area contributed by atoms with Crippen LogP contribution in [-0.4, -0.2) is 33.4 Å². The van der Waals surface area contributed by atoms with Gasteiger partial charge in [-0.1, -0.05) is 0 Å². The van der Waals surface area contributed by atoms with Crippen molar-refractivity contribution in [1.29, 1.82) is 0 Å². The molecule has 1 aliphatic heterocycles. The molecule has 0 aromatic carbocycles. The summed E-state index contributed by atoms with van der Waals surface area (Å²) >= 11 is 0. The zero-order valence-electron chi connectivity index (χ0n) is 10.3. The van der Waals surface area contributed by atoms with Gasteiger partial charge in [0.1, 0.15) is 6.10 Å². The van der Waals surface area contributed by atoms with Crippen LogP contribution < -0.4 is 0 Å².